The number of aryl methyl sites for hydroxylation is 1. The van der Waals surface area contributed by atoms with E-state index in [0.717, 1.165) is 0 Å². The molecule has 6 heteroatoms. The maximum absolute atomic E-state index is 11.1. The average molecular weight is 232 g/mol. The van der Waals surface area contributed by atoms with Gasteiger partial charge in [0, 0.05) is 19.8 Å². The number of rotatable bonds is 4. The van der Waals surface area contributed by atoms with Gasteiger partial charge in [-0.25, -0.2) is 9.78 Å². The number of nitrogens with zero attached hydrogens (tertiary/aromatic N) is 3. The van der Waals surface area contributed by atoms with Crippen molar-refractivity contribution in [3.05, 3.63) is 30.6 Å². The van der Waals surface area contributed by atoms with Crippen LogP contribution in [0, 0.1) is 0 Å². The number of carboxylic acid groups (broad SMARTS) is 1. The SMILES string of the molecule is C=CCNc1c(C(=O)O)cnc2c1cnn2C. The fraction of sp³-hybridized carbons (Fsp3) is 0.182. The van der Waals surface area contributed by atoms with Gasteiger partial charge in [0.1, 0.15) is 5.56 Å². The predicted molar refractivity (Wildman–Crippen MR) is 64.2 cm³/mol. The summed E-state index contributed by atoms with van der Waals surface area (Å²) in [5, 5.41) is 16.9. The minimum atomic E-state index is -1.02. The Hall–Kier alpha value is -2.37. The second-order valence-electron chi connectivity index (χ2n) is 3.53. The van der Waals surface area contributed by atoms with Crippen LogP contribution >= 0.6 is 0 Å². The molecule has 2 rings (SSSR count). The Morgan fingerprint density at radius 3 is 3.06 bits per heavy atom. The van der Waals surface area contributed by atoms with Crippen LogP contribution in [0.2, 0.25) is 0 Å². The van der Waals surface area contributed by atoms with Gasteiger partial charge in [-0.1, -0.05) is 6.08 Å². The Balaban J connectivity index is 2.65. The van der Waals surface area contributed by atoms with Crippen LogP contribution in [0.4, 0.5) is 5.69 Å². The van der Waals surface area contributed by atoms with Crippen LogP contribution in [0.15, 0.2) is 25.0 Å². The third kappa shape index (κ3) is 1.84. The van der Waals surface area contributed by atoms with Gasteiger partial charge in [0.15, 0.2) is 5.65 Å². The average Bonchev–Trinajstić information content (AvgIpc) is 2.68. The maximum Gasteiger partial charge on any atom is 0.339 e. The number of nitrogens with one attached hydrogen (secondary N) is 1. The highest BCUT2D eigenvalue weighted by Crippen LogP contribution is 2.25. The summed E-state index contributed by atoms with van der Waals surface area (Å²) in [6.07, 6.45) is 4.59. The summed E-state index contributed by atoms with van der Waals surface area (Å²) in [6.45, 7) is 4.07. The highest BCUT2D eigenvalue weighted by atomic mass is 16.4. The van der Waals surface area contributed by atoms with E-state index in [4.69, 9.17) is 5.11 Å². The normalized spacial score (nSPS) is 10.4. The molecular formula is C11H12N4O2. The molecule has 2 heterocycles. The first kappa shape index (κ1) is 11.1. The van der Waals surface area contributed by atoms with Crippen molar-refractivity contribution in [2.75, 3.05) is 11.9 Å². The zero-order chi connectivity index (χ0) is 12.4. The molecule has 2 N–H and O–H groups in total. The van der Waals surface area contributed by atoms with Gasteiger partial charge in [-0.15, -0.1) is 6.58 Å². The molecule has 0 aliphatic carbocycles. The Bertz CT molecular complexity index is 588. The predicted octanol–water partition coefficient (Wildman–Crippen LogP) is 1.26. The first-order valence-electron chi connectivity index (χ1n) is 5.04. The first-order chi connectivity index (χ1) is 8.15. The second-order valence-corrected chi connectivity index (χ2v) is 3.53. The molecule has 17 heavy (non-hydrogen) atoms. The number of anilines is 1. The van der Waals surface area contributed by atoms with Crippen molar-refractivity contribution < 1.29 is 9.90 Å². The molecular weight excluding hydrogens is 220 g/mol. The van der Waals surface area contributed by atoms with E-state index in [1.807, 2.05) is 0 Å². The van der Waals surface area contributed by atoms with E-state index in [0.29, 0.717) is 23.3 Å². The van der Waals surface area contributed by atoms with Gasteiger partial charge in [-0.05, 0) is 0 Å². The number of hydrogen-bond acceptors (Lipinski definition) is 4. The zero-order valence-electron chi connectivity index (χ0n) is 9.34. The van der Waals surface area contributed by atoms with E-state index in [2.05, 4.69) is 22.0 Å². The monoisotopic (exact) mass is 232 g/mol. The molecule has 0 fully saturated rings. The molecule has 0 aliphatic heterocycles. The number of carbonyl (C=O) groups is 1. The third-order valence-corrected chi connectivity index (χ3v) is 2.42. The lowest BCUT2D eigenvalue weighted by Gasteiger charge is -2.08. The molecule has 0 unspecified atom stereocenters. The van der Waals surface area contributed by atoms with Crippen molar-refractivity contribution in [2.24, 2.45) is 7.05 Å². The highest BCUT2D eigenvalue weighted by molar-refractivity contribution is 6.03. The number of aromatic carboxylic acids is 1. The van der Waals surface area contributed by atoms with Crippen LogP contribution in [-0.2, 0) is 7.05 Å². The van der Waals surface area contributed by atoms with Crippen LogP contribution < -0.4 is 5.32 Å². The van der Waals surface area contributed by atoms with E-state index in [-0.39, 0.29) is 5.56 Å². The van der Waals surface area contributed by atoms with Crippen molar-refractivity contribution in [3.8, 4) is 0 Å². The number of aromatic nitrogens is 3. The van der Waals surface area contributed by atoms with Crippen LogP contribution in [0.3, 0.4) is 0 Å². The summed E-state index contributed by atoms with van der Waals surface area (Å²) in [5.74, 6) is -1.02. The summed E-state index contributed by atoms with van der Waals surface area (Å²) in [5.41, 5.74) is 1.30. The molecule has 0 bridgehead atoms. The first-order valence-corrected chi connectivity index (χ1v) is 5.04. The van der Waals surface area contributed by atoms with Gasteiger partial charge in [0.25, 0.3) is 0 Å². The molecule has 2 aromatic heterocycles. The van der Waals surface area contributed by atoms with Gasteiger partial charge >= 0.3 is 5.97 Å². The molecule has 0 aromatic carbocycles. The standard InChI is InChI=1S/C11H12N4O2/c1-3-4-12-9-7-6-14-15(2)10(7)13-5-8(9)11(16)17/h3,5-6H,1,4H2,2H3,(H,12,13)(H,16,17). The molecule has 0 saturated heterocycles. The summed E-state index contributed by atoms with van der Waals surface area (Å²) in [4.78, 5) is 15.2. The number of carboxylic acids is 1. The van der Waals surface area contributed by atoms with Crippen molar-refractivity contribution >= 4 is 22.7 Å². The largest absolute Gasteiger partial charge is 0.478 e. The molecule has 0 atom stereocenters. The Morgan fingerprint density at radius 1 is 1.65 bits per heavy atom. The fourth-order valence-corrected chi connectivity index (χ4v) is 1.62. The van der Waals surface area contributed by atoms with Gasteiger partial charge in [-0.3, -0.25) is 4.68 Å². The lowest BCUT2D eigenvalue weighted by molar-refractivity contribution is 0.0697. The van der Waals surface area contributed by atoms with Crippen molar-refractivity contribution in [3.63, 3.8) is 0 Å². The molecule has 88 valence electrons. The van der Waals surface area contributed by atoms with Crippen molar-refractivity contribution in [1.82, 2.24) is 14.8 Å². The van der Waals surface area contributed by atoms with E-state index in [1.54, 1.807) is 24.0 Å². The topological polar surface area (TPSA) is 80.0 Å². The van der Waals surface area contributed by atoms with Crippen molar-refractivity contribution in [1.29, 1.82) is 0 Å². The Labute approximate surface area is 97.6 Å². The van der Waals surface area contributed by atoms with Gasteiger partial charge < -0.3 is 10.4 Å². The molecule has 6 nitrogen and oxygen atoms in total. The third-order valence-electron chi connectivity index (χ3n) is 2.42. The molecule has 0 aliphatic rings. The van der Waals surface area contributed by atoms with E-state index < -0.39 is 5.97 Å². The zero-order valence-corrected chi connectivity index (χ0v) is 9.34. The summed E-state index contributed by atoms with van der Waals surface area (Å²) in [6, 6.07) is 0. The number of pyridine rings is 1. The minimum absolute atomic E-state index is 0.132. The fourth-order valence-electron chi connectivity index (χ4n) is 1.62. The lowest BCUT2D eigenvalue weighted by atomic mass is 10.2. The molecule has 0 radical (unpaired) electrons. The second kappa shape index (κ2) is 4.25. The minimum Gasteiger partial charge on any atom is -0.478 e. The van der Waals surface area contributed by atoms with Crippen molar-refractivity contribution in [2.45, 2.75) is 0 Å². The number of hydrogen-bond donors (Lipinski definition) is 2. The smallest absolute Gasteiger partial charge is 0.339 e. The summed E-state index contributed by atoms with van der Waals surface area (Å²) < 4.78 is 1.60. The van der Waals surface area contributed by atoms with E-state index >= 15 is 0 Å². The van der Waals surface area contributed by atoms with Crippen LogP contribution in [-0.4, -0.2) is 32.4 Å². The van der Waals surface area contributed by atoms with Crippen LogP contribution in [0.5, 0.6) is 0 Å². The molecule has 0 amide bonds. The Morgan fingerprint density at radius 2 is 2.41 bits per heavy atom. The van der Waals surface area contributed by atoms with E-state index in [1.165, 1.54) is 6.20 Å². The molecule has 0 spiro atoms. The van der Waals surface area contributed by atoms with Gasteiger partial charge in [0.2, 0.25) is 0 Å². The quantitative estimate of drug-likeness (QED) is 0.776. The highest BCUT2D eigenvalue weighted by Gasteiger charge is 2.15. The lowest BCUT2D eigenvalue weighted by Crippen LogP contribution is -2.07. The summed E-state index contributed by atoms with van der Waals surface area (Å²) >= 11 is 0. The van der Waals surface area contributed by atoms with Gasteiger partial charge in [-0.2, -0.15) is 5.10 Å². The van der Waals surface area contributed by atoms with Crippen LogP contribution in [0.1, 0.15) is 10.4 Å². The Kier molecular flexibility index (Phi) is 2.78. The maximum atomic E-state index is 11.1. The number of fused-ring (bicyclic) bond motifs is 1. The van der Waals surface area contributed by atoms with Gasteiger partial charge in [0.05, 0.1) is 17.3 Å². The molecule has 0 saturated carbocycles. The molecule has 2 aromatic rings. The van der Waals surface area contributed by atoms with E-state index in [9.17, 15) is 4.79 Å². The summed E-state index contributed by atoms with van der Waals surface area (Å²) in [7, 11) is 1.76. The van der Waals surface area contributed by atoms with Crippen LogP contribution in [0.25, 0.3) is 11.0 Å².